The molecule has 0 spiro atoms. The summed E-state index contributed by atoms with van der Waals surface area (Å²) in [4.78, 5) is 6.11. The molecule has 0 aliphatic heterocycles. The lowest BCUT2D eigenvalue weighted by atomic mass is 10.1. The van der Waals surface area contributed by atoms with E-state index in [0.29, 0.717) is 0 Å². The number of pyridine rings is 1. The molecule has 3 heteroatoms. The van der Waals surface area contributed by atoms with Crippen molar-refractivity contribution >= 4 is 22.7 Å². The summed E-state index contributed by atoms with van der Waals surface area (Å²) >= 11 is 1.74. The number of rotatable bonds is 4. The zero-order valence-corrected chi connectivity index (χ0v) is 13.1. The number of aromatic nitrogens is 1. The van der Waals surface area contributed by atoms with Crippen LogP contribution in [0.5, 0.6) is 0 Å². The second-order valence-corrected chi connectivity index (χ2v) is 6.07. The van der Waals surface area contributed by atoms with E-state index in [-0.39, 0.29) is 0 Å². The Bertz CT molecular complexity index is 768. The van der Waals surface area contributed by atoms with Crippen molar-refractivity contribution in [3.05, 3.63) is 65.7 Å². The van der Waals surface area contributed by atoms with Gasteiger partial charge in [-0.2, -0.15) is 0 Å². The van der Waals surface area contributed by atoms with E-state index in [1.807, 2.05) is 13.1 Å². The van der Waals surface area contributed by atoms with Crippen LogP contribution >= 0.6 is 11.8 Å². The van der Waals surface area contributed by atoms with E-state index < -0.39 is 0 Å². The van der Waals surface area contributed by atoms with Gasteiger partial charge in [0.05, 0.1) is 5.52 Å². The van der Waals surface area contributed by atoms with E-state index in [1.54, 1.807) is 11.8 Å². The molecule has 21 heavy (non-hydrogen) atoms. The molecule has 3 rings (SSSR count). The molecular formula is C18H18N2S. The highest BCUT2D eigenvalue weighted by Gasteiger charge is 2.09. The highest BCUT2D eigenvalue weighted by atomic mass is 32.2. The van der Waals surface area contributed by atoms with Crippen LogP contribution in [0.1, 0.15) is 11.1 Å². The van der Waals surface area contributed by atoms with Crippen LogP contribution in [0.3, 0.4) is 0 Å². The lowest BCUT2D eigenvalue weighted by Gasteiger charge is -2.11. The molecule has 0 bridgehead atoms. The second kappa shape index (κ2) is 6.29. The Labute approximate surface area is 129 Å². The highest BCUT2D eigenvalue weighted by molar-refractivity contribution is 7.99. The van der Waals surface area contributed by atoms with Crippen molar-refractivity contribution in [3.8, 4) is 0 Å². The Morgan fingerprint density at radius 3 is 2.62 bits per heavy atom. The van der Waals surface area contributed by atoms with E-state index in [1.165, 1.54) is 21.4 Å². The van der Waals surface area contributed by atoms with Crippen LogP contribution < -0.4 is 5.32 Å². The maximum absolute atomic E-state index is 4.85. The second-order valence-electron chi connectivity index (χ2n) is 5.04. The average Bonchev–Trinajstić information content (AvgIpc) is 2.50. The number of nitrogens with one attached hydrogen (secondary N) is 1. The Hall–Kier alpha value is -1.84. The number of hydrogen-bond donors (Lipinski definition) is 1. The molecule has 0 saturated carbocycles. The molecule has 1 N–H and O–H groups in total. The van der Waals surface area contributed by atoms with Gasteiger partial charge >= 0.3 is 0 Å². The minimum Gasteiger partial charge on any atom is -0.316 e. The first-order valence-electron chi connectivity index (χ1n) is 7.04. The largest absolute Gasteiger partial charge is 0.316 e. The average molecular weight is 294 g/mol. The molecule has 0 aliphatic carbocycles. The van der Waals surface area contributed by atoms with Crippen LogP contribution in [-0.4, -0.2) is 12.0 Å². The van der Waals surface area contributed by atoms with Gasteiger partial charge in [0.1, 0.15) is 5.03 Å². The molecule has 2 nitrogen and oxygen atoms in total. The van der Waals surface area contributed by atoms with Gasteiger partial charge < -0.3 is 5.32 Å². The SMILES string of the molecule is CNCc1cc2ccccc2nc1Sc1ccccc1C. The Balaban J connectivity index is 2.07. The third kappa shape index (κ3) is 3.09. The van der Waals surface area contributed by atoms with Crippen molar-refractivity contribution in [2.75, 3.05) is 7.05 Å². The summed E-state index contributed by atoms with van der Waals surface area (Å²) in [6.07, 6.45) is 0. The normalized spacial score (nSPS) is 11.0. The number of fused-ring (bicyclic) bond motifs is 1. The number of nitrogens with zero attached hydrogens (tertiary/aromatic N) is 1. The summed E-state index contributed by atoms with van der Waals surface area (Å²) in [5.41, 5.74) is 3.57. The van der Waals surface area contributed by atoms with Crippen molar-refractivity contribution in [1.82, 2.24) is 10.3 Å². The molecule has 0 radical (unpaired) electrons. The van der Waals surface area contributed by atoms with Gasteiger partial charge in [0.25, 0.3) is 0 Å². The summed E-state index contributed by atoms with van der Waals surface area (Å²) in [5.74, 6) is 0. The van der Waals surface area contributed by atoms with Crippen LogP contribution in [-0.2, 0) is 6.54 Å². The van der Waals surface area contributed by atoms with Crippen LogP contribution in [0, 0.1) is 6.92 Å². The Kier molecular flexibility index (Phi) is 4.23. The first-order valence-corrected chi connectivity index (χ1v) is 7.86. The smallest absolute Gasteiger partial charge is 0.106 e. The van der Waals surface area contributed by atoms with E-state index in [9.17, 15) is 0 Å². The predicted octanol–water partition coefficient (Wildman–Crippen LogP) is 4.41. The van der Waals surface area contributed by atoms with E-state index in [0.717, 1.165) is 17.1 Å². The standard InChI is InChI=1S/C18H18N2S/c1-13-7-3-6-10-17(13)21-18-15(12-19-2)11-14-8-4-5-9-16(14)20-18/h3-11,19H,12H2,1-2H3. The third-order valence-corrected chi connectivity index (χ3v) is 4.66. The summed E-state index contributed by atoms with van der Waals surface area (Å²) < 4.78 is 0. The van der Waals surface area contributed by atoms with Crippen molar-refractivity contribution in [2.45, 2.75) is 23.4 Å². The first kappa shape index (κ1) is 14.1. The van der Waals surface area contributed by atoms with Gasteiger partial charge in [-0.25, -0.2) is 4.98 Å². The lowest BCUT2D eigenvalue weighted by Crippen LogP contribution is -2.07. The van der Waals surface area contributed by atoms with Crippen molar-refractivity contribution < 1.29 is 0 Å². The van der Waals surface area contributed by atoms with Crippen molar-refractivity contribution in [3.63, 3.8) is 0 Å². The molecule has 0 amide bonds. The Morgan fingerprint density at radius 1 is 1.05 bits per heavy atom. The summed E-state index contributed by atoms with van der Waals surface area (Å²) in [5, 5.41) is 5.51. The molecule has 3 aromatic rings. The zero-order chi connectivity index (χ0) is 14.7. The monoisotopic (exact) mass is 294 g/mol. The molecule has 0 aliphatic rings. The van der Waals surface area contributed by atoms with Gasteiger partial charge in [-0.05, 0) is 43.3 Å². The van der Waals surface area contributed by atoms with Crippen molar-refractivity contribution in [1.29, 1.82) is 0 Å². The molecule has 1 heterocycles. The van der Waals surface area contributed by atoms with Crippen LogP contribution in [0.2, 0.25) is 0 Å². The van der Waals surface area contributed by atoms with Crippen LogP contribution in [0.25, 0.3) is 10.9 Å². The van der Waals surface area contributed by atoms with Crippen LogP contribution in [0.15, 0.2) is 64.5 Å². The fourth-order valence-corrected chi connectivity index (χ4v) is 3.31. The molecule has 0 fully saturated rings. The van der Waals surface area contributed by atoms with Crippen LogP contribution in [0.4, 0.5) is 0 Å². The topological polar surface area (TPSA) is 24.9 Å². The summed E-state index contributed by atoms with van der Waals surface area (Å²) in [6, 6.07) is 19.0. The van der Waals surface area contributed by atoms with Gasteiger partial charge in [-0.1, -0.05) is 48.2 Å². The predicted molar refractivity (Wildman–Crippen MR) is 89.8 cm³/mol. The molecule has 0 atom stereocenters. The molecular weight excluding hydrogens is 276 g/mol. The van der Waals surface area contributed by atoms with Gasteiger partial charge in [0.15, 0.2) is 0 Å². The molecule has 106 valence electrons. The molecule has 2 aromatic carbocycles. The molecule has 0 unspecified atom stereocenters. The van der Waals surface area contributed by atoms with Gasteiger partial charge in [0.2, 0.25) is 0 Å². The first-order chi connectivity index (χ1) is 10.3. The quantitative estimate of drug-likeness (QED) is 0.771. The number of hydrogen-bond acceptors (Lipinski definition) is 3. The fraction of sp³-hybridized carbons (Fsp3) is 0.167. The van der Waals surface area contributed by atoms with Gasteiger partial charge in [0, 0.05) is 16.8 Å². The number of para-hydroxylation sites is 1. The Morgan fingerprint density at radius 2 is 1.81 bits per heavy atom. The van der Waals surface area contributed by atoms with Gasteiger partial charge in [-0.3, -0.25) is 0 Å². The van der Waals surface area contributed by atoms with E-state index >= 15 is 0 Å². The highest BCUT2D eigenvalue weighted by Crippen LogP contribution is 2.32. The van der Waals surface area contributed by atoms with E-state index in [2.05, 4.69) is 60.8 Å². The van der Waals surface area contributed by atoms with Gasteiger partial charge in [-0.15, -0.1) is 0 Å². The minimum atomic E-state index is 0.825. The maximum Gasteiger partial charge on any atom is 0.106 e. The molecule has 0 saturated heterocycles. The maximum atomic E-state index is 4.85. The minimum absolute atomic E-state index is 0.825. The summed E-state index contributed by atoms with van der Waals surface area (Å²) in [7, 11) is 1.97. The molecule has 1 aromatic heterocycles. The number of benzene rings is 2. The summed E-state index contributed by atoms with van der Waals surface area (Å²) in [6.45, 7) is 2.97. The lowest BCUT2D eigenvalue weighted by molar-refractivity contribution is 0.794. The fourth-order valence-electron chi connectivity index (χ4n) is 2.32. The number of aryl methyl sites for hydroxylation is 1. The van der Waals surface area contributed by atoms with Crippen molar-refractivity contribution in [2.24, 2.45) is 0 Å². The zero-order valence-electron chi connectivity index (χ0n) is 12.3. The third-order valence-electron chi connectivity index (χ3n) is 3.43. The van der Waals surface area contributed by atoms with E-state index in [4.69, 9.17) is 4.98 Å².